The van der Waals surface area contributed by atoms with Crippen molar-refractivity contribution in [1.82, 2.24) is 4.90 Å². The normalized spacial score (nSPS) is 15.7. The number of hydrogen-bond donors (Lipinski definition) is 0. The molecule has 0 unspecified atom stereocenters. The van der Waals surface area contributed by atoms with Crippen molar-refractivity contribution in [3.05, 3.63) is 76.9 Å². The summed E-state index contributed by atoms with van der Waals surface area (Å²) < 4.78 is 5.24. The summed E-state index contributed by atoms with van der Waals surface area (Å²) >= 11 is 0. The number of fused-ring (bicyclic) bond motifs is 1. The largest absolute Gasteiger partial charge is 0.455 e. The predicted molar refractivity (Wildman–Crippen MR) is 109 cm³/mol. The summed E-state index contributed by atoms with van der Waals surface area (Å²) in [6.07, 6.45) is 6.53. The van der Waals surface area contributed by atoms with Gasteiger partial charge < -0.3 is 9.64 Å². The maximum atomic E-state index is 12.4. The molecule has 0 aromatic heterocycles. The van der Waals surface area contributed by atoms with Crippen molar-refractivity contribution in [2.24, 2.45) is 0 Å². The Balaban J connectivity index is 1.25. The fraction of sp³-hybridized carbons (Fsp3) is 0.333. The van der Waals surface area contributed by atoms with Gasteiger partial charge in [0.2, 0.25) is 0 Å². The van der Waals surface area contributed by atoms with Crippen molar-refractivity contribution in [3.8, 4) is 0 Å². The molecule has 1 heterocycles. The Morgan fingerprint density at radius 1 is 0.964 bits per heavy atom. The van der Waals surface area contributed by atoms with Crippen molar-refractivity contribution in [1.29, 1.82) is 0 Å². The summed E-state index contributed by atoms with van der Waals surface area (Å²) in [5.74, 6) is -0.477. The van der Waals surface area contributed by atoms with E-state index >= 15 is 0 Å². The molecule has 2 aromatic carbocycles. The van der Waals surface area contributed by atoms with E-state index in [0.717, 1.165) is 24.8 Å². The zero-order valence-electron chi connectivity index (χ0n) is 16.0. The van der Waals surface area contributed by atoms with E-state index in [9.17, 15) is 9.59 Å². The van der Waals surface area contributed by atoms with Crippen LogP contribution in [0.5, 0.6) is 0 Å². The standard InChI is InChI=1S/C24H25NO3/c26-23(25-13-11-21(12-14-25)19-5-2-1-3-6-19)17-28-24(27)16-18-9-10-20-7-4-8-22(20)15-18/h1-3,5-6,9-11,15H,4,7-8,12-14,16-17H2. The van der Waals surface area contributed by atoms with Crippen molar-refractivity contribution in [3.63, 3.8) is 0 Å². The van der Waals surface area contributed by atoms with Crippen LogP contribution in [0.15, 0.2) is 54.6 Å². The van der Waals surface area contributed by atoms with Gasteiger partial charge in [-0.1, -0.05) is 54.6 Å². The second-order valence-electron chi connectivity index (χ2n) is 7.48. The van der Waals surface area contributed by atoms with Gasteiger partial charge in [-0.2, -0.15) is 0 Å². The molecule has 0 spiro atoms. The van der Waals surface area contributed by atoms with E-state index in [-0.39, 0.29) is 24.9 Å². The minimum atomic E-state index is -0.344. The zero-order chi connectivity index (χ0) is 19.3. The summed E-state index contributed by atoms with van der Waals surface area (Å²) in [6, 6.07) is 16.4. The SMILES string of the molecule is O=C(Cc1ccc2c(c1)CCC2)OCC(=O)N1CC=C(c2ccccc2)CC1. The molecule has 1 amide bonds. The maximum Gasteiger partial charge on any atom is 0.310 e. The van der Waals surface area contributed by atoms with E-state index < -0.39 is 0 Å². The van der Waals surface area contributed by atoms with Crippen molar-refractivity contribution < 1.29 is 14.3 Å². The van der Waals surface area contributed by atoms with Crippen molar-refractivity contribution in [2.45, 2.75) is 32.1 Å². The van der Waals surface area contributed by atoms with Gasteiger partial charge in [-0.25, -0.2) is 0 Å². The van der Waals surface area contributed by atoms with Gasteiger partial charge in [0, 0.05) is 13.1 Å². The molecule has 0 bridgehead atoms. The molecule has 0 fully saturated rings. The number of esters is 1. The number of aryl methyl sites for hydroxylation is 2. The molecule has 28 heavy (non-hydrogen) atoms. The molecule has 4 heteroatoms. The molecule has 4 nitrogen and oxygen atoms in total. The van der Waals surface area contributed by atoms with Gasteiger partial charge in [0.25, 0.3) is 5.91 Å². The van der Waals surface area contributed by atoms with Crippen LogP contribution in [-0.2, 0) is 33.6 Å². The van der Waals surface area contributed by atoms with Crippen molar-refractivity contribution in [2.75, 3.05) is 19.7 Å². The Bertz CT molecular complexity index is 901. The second-order valence-corrected chi connectivity index (χ2v) is 7.48. The quantitative estimate of drug-likeness (QED) is 0.751. The Morgan fingerprint density at radius 3 is 2.57 bits per heavy atom. The van der Waals surface area contributed by atoms with E-state index in [1.54, 1.807) is 4.90 Å². The number of carbonyl (C=O) groups is 2. The van der Waals surface area contributed by atoms with Gasteiger partial charge in [0.05, 0.1) is 6.42 Å². The number of carbonyl (C=O) groups excluding carboxylic acids is 2. The highest BCUT2D eigenvalue weighted by Crippen LogP contribution is 2.23. The molecular weight excluding hydrogens is 350 g/mol. The third-order valence-electron chi connectivity index (χ3n) is 5.57. The van der Waals surface area contributed by atoms with Crippen LogP contribution in [0.3, 0.4) is 0 Å². The average Bonchev–Trinajstić information content (AvgIpc) is 3.21. The van der Waals surface area contributed by atoms with Crippen LogP contribution in [-0.4, -0.2) is 36.5 Å². The zero-order valence-corrected chi connectivity index (χ0v) is 16.0. The lowest BCUT2D eigenvalue weighted by Gasteiger charge is -2.26. The van der Waals surface area contributed by atoms with Crippen LogP contribution in [0.25, 0.3) is 5.57 Å². The smallest absolute Gasteiger partial charge is 0.310 e. The highest BCUT2D eigenvalue weighted by molar-refractivity contribution is 5.82. The van der Waals surface area contributed by atoms with Crippen LogP contribution in [0, 0.1) is 0 Å². The van der Waals surface area contributed by atoms with E-state index in [4.69, 9.17) is 4.74 Å². The van der Waals surface area contributed by atoms with E-state index in [0.29, 0.717) is 13.1 Å². The molecule has 2 aliphatic rings. The Labute approximate surface area is 165 Å². The van der Waals surface area contributed by atoms with Gasteiger partial charge in [-0.15, -0.1) is 0 Å². The molecule has 1 aliphatic heterocycles. The summed E-state index contributed by atoms with van der Waals surface area (Å²) in [5.41, 5.74) is 6.16. The Kier molecular flexibility index (Phi) is 5.56. The average molecular weight is 375 g/mol. The van der Waals surface area contributed by atoms with Crippen LogP contribution < -0.4 is 0 Å². The number of amides is 1. The fourth-order valence-corrected chi connectivity index (χ4v) is 4.00. The Morgan fingerprint density at radius 2 is 1.79 bits per heavy atom. The number of nitrogens with zero attached hydrogens (tertiary/aromatic N) is 1. The van der Waals surface area contributed by atoms with Crippen molar-refractivity contribution >= 4 is 17.4 Å². The second kappa shape index (κ2) is 8.42. The molecule has 0 saturated heterocycles. The van der Waals surface area contributed by atoms with E-state index in [1.807, 2.05) is 24.3 Å². The molecule has 4 rings (SSSR count). The Hall–Kier alpha value is -2.88. The fourth-order valence-electron chi connectivity index (χ4n) is 4.00. The van der Waals surface area contributed by atoms with Crippen LogP contribution >= 0.6 is 0 Å². The molecule has 0 atom stereocenters. The van der Waals surface area contributed by atoms with Gasteiger partial charge in [-0.3, -0.25) is 9.59 Å². The molecule has 1 aliphatic carbocycles. The molecule has 0 saturated carbocycles. The predicted octanol–water partition coefficient (Wildman–Crippen LogP) is 3.58. The van der Waals surface area contributed by atoms with Gasteiger partial charge in [-0.05, 0) is 53.5 Å². The van der Waals surface area contributed by atoms with Gasteiger partial charge >= 0.3 is 5.97 Å². The lowest BCUT2D eigenvalue weighted by molar-refractivity contribution is -0.151. The topological polar surface area (TPSA) is 46.6 Å². The molecule has 0 N–H and O–H groups in total. The van der Waals surface area contributed by atoms with Gasteiger partial charge in [0.15, 0.2) is 6.61 Å². The number of hydrogen-bond acceptors (Lipinski definition) is 3. The first-order valence-corrected chi connectivity index (χ1v) is 9.97. The highest BCUT2D eigenvalue weighted by Gasteiger charge is 2.19. The minimum absolute atomic E-state index is 0.134. The van der Waals surface area contributed by atoms with Crippen LogP contribution in [0.4, 0.5) is 0 Å². The minimum Gasteiger partial charge on any atom is -0.455 e. The summed E-state index contributed by atoms with van der Waals surface area (Å²) in [7, 11) is 0. The van der Waals surface area contributed by atoms with Crippen LogP contribution in [0.1, 0.15) is 35.1 Å². The van der Waals surface area contributed by atoms with Crippen LogP contribution in [0.2, 0.25) is 0 Å². The maximum absolute atomic E-state index is 12.4. The van der Waals surface area contributed by atoms with E-state index in [1.165, 1.54) is 28.7 Å². The third-order valence-corrected chi connectivity index (χ3v) is 5.57. The third kappa shape index (κ3) is 4.33. The molecular formula is C24H25NO3. The molecule has 2 aromatic rings. The number of rotatable bonds is 5. The number of benzene rings is 2. The molecule has 0 radical (unpaired) electrons. The lowest BCUT2D eigenvalue weighted by Crippen LogP contribution is -2.37. The van der Waals surface area contributed by atoms with Gasteiger partial charge in [0.1, 0.15) is 0 Å². The first kappa shape index (κ1) is 18.5. The number of ether oxygens (including phenoxy) is 1. The summed E-state index contributed by atoms with van der Waals surface area (Å²) in [4.78, 5) is 26.2. The summed E-state index contributed by atoms with van der Waals surface area (Å²) in [6.45, 7) is 1.03. The first-order chi connectivity index (χ1) is 13.7. The highest BCUT2D eigenvalue weighted by atomic mass is 16.5. The summed E-state index contributed by atoms with van der Waals surface area (Å²) in [5, 5.41) is 0. The first-order valence-electron chi connectivity index (χ1n) is 9.97. The monoisotopic (exact) mass is 375 g/mol. The molecule has 144 valence electrons. The lowest BCUT2D eigenvalue weighted by atomic mass is 10.00. The van der Waals surface area contributed by atoms with E-state index in [2.05, 4.69) is 30.3 Å².